The third-order valence-electron chi connectivity index (χ3n) is 7.34. The Bertz CT molecular complexity index is 1040. The van der Waals surface area contributed by atoms with Crippen LogP contribution < -0.4 is 0 Å². The van der Waals surface area contributed by atoms with Crippen molar-refractivity contribution in [1.29, 1.82) is 0 Å². The minimum atomic E-state index is 0.101. The van der Waals surface area contributed by atoms with Gasteiger partial charge in [-0.15, -0.1) is 0 Å². The van der Waals surface area contributed by atoms with Gasteiger partial charge in [0.05, 0.1) is 6.10 Å². The van der Waals surface area contributed by atoms with Gasteiger partial charge in [-0.25, -0.2) is 0 Å². The van der Waals surface area contributed by atoms with Gasteiger partial charge in [-0.3, -0.25) is 9.69 Å². The number of rotatable bonds is 7. The number of H-pyrrole nitrogens is 1. The van der Waals surface area contributed by atoms with E-state index in [1.54, 1.807) is 0 Å². The molecule has 0 unspecified atom stereocenters. The number of nitrogens with zero attached hydrogens (tertiary/aromatic N) is 2. The summed E-state index contributed by atoms with van der Waals surface area (Å²) in [6, 6.07) is 18.8. The van der Waals surface area contributed by atoms with Gasteiger partial charge >= 0.3 is 0 Å². The molecule has 1 N–H and O–H groups in total. The molecule has 0 saturated carbocycles. The molecular weight excluding hydrogens is 410 g/mol. The lowest BCUT2D eigenvalue weighted by Gasteiger charge is -2.35. The van der Waals surface area contributed by atoms with Crippen molar-refractivity contribution < 1.29 is 9.53 Å². The molecule has 1 amide bonds. The van der Waals surface area contributed by atoms with Crippen molar-refractivity contribution in [3.8, 4) is 0 Å². The first-order valence-corrected chi connectivity index (χ1v) is 12.4. The van der Waals surface area contributed by atoms with Crippen LogP contribution in [-0.2, 0) is 11.3 Å². The molecule has 174 valence electrons. The number of aromatic amines is 1. The molecule has 0 spiro atoms. The highest BCUT2D eigenvalue weighted by atomic mass is 16.5. The minimum absolute atomic E-state index is 0.101. The Balaban J connectivity index is 1.23. The summed E-state index contributed by atoms with van der Waals surface area (Å²) in [5, 5.41) is 1.09. The summed E-state index contributed by atoms with van der Waals surface area (Å²) in [4.78, 5) is 21.5. The summed E-state index contributed by atoms with van der Waals surface area (Å²) in [7, 11) is 0. The number of ether oxygens (including phenoxy) is 1. The molecule has 5 rings (SSSR count). The summed E-state index contributed by atoms with van der Waals surface area (Å²) < 4.78 is 5.90. The Hall–Kier alpha value is -2.63. The van der Waals surface area contributed by atoms with Crippen LogP contribution in [0, 0.1) is 12.8 Å². The average molecular weight is 446 g/mol. The molecule has 1 aromatic heterocycles. The molecule has 3 aromatic rings. The molecule has 5 heteroatoms. The van der Waals surface area contributed by atoms with Gasteiger partial charge in [0.25, 0.3) is 5.91 Å². The van der Waals surface area contributed by atoms with E-state index in [1.165, 1.54) is 11.1 Å². The van der Waals surface area contributed by atoms with Crippen LogP contribution in [-0.4, -0.2) is 59.6 Å². The van der Waals surface area contributed by atoms with Crippen molar-refractivity contribution in [2.45, 2.75) is 45.3 Å². The van der Waals surface area contributed by atoms with Gasteiger partial charge < -0.3 is 14.6 Å². The fourth-order valence-corrected chi connectivity index (χ4v) is 5.30. The SMILES string of the molecule is Cc1ccccc1CN1CCC(CN(C[C@@H]2CCCO2)C(=O)c2cc3ccccc3[nH]2)CC1. The van der Waals surface area contributed by atoms with Crippen molar-refractivity contribution in [2.24, 2.45) is 5.92 Å². The van der Waals surface area contributed by atoms with Gasteiger partial charge in [0.15, 0.2) is 0 Å². The normalized spacial score (nSPS) is 19.8. The molecule has 5 nitrogen and oxygen atoms in total. The number of likely N-dealkylation sites (tertiary alicyclic amines) is 1. The van der Waals surface area contributed by atoms with Gasteiger partial charge in [-0.1, -0.05) is 42.5 Å². The zero-order chi connectivity index (χ0) is 22.6. The van der Waals surface area contributed by atoms with E-state index >= 15 is 0 Å². The molecule has 2 aliphatic heterocycles. The highest BCUT2D eigenvalue weighted by molar-refractivity contribution is 5.98. The molecule has 3 heterocycles. The van der Waals surface area contributed by atoms with Crippen molar-refractivity contribution in [3.63, 3.8) is 0 Å². The second-order valence-electron chi connectivity index (χ2n) is 9.76. The summed E-state index contributed by atoms with van der Waals surface area (Å²) in [5.74, 6) is 0.636. The summed E-state index contributed by atoms with van der Waals surface area (Å²) in [5.41, 5.74) is 4.49. The summed E-state index contributed by atoms with van der Waals surface area (Å²) >= 11 is 0. The Morgan fingerprint density at radius 1 is 1.06 bits per heavy atom. The Morgan fingerprint density at radius 3 is 2.61 bits per heavy atom. The first kappa shape index (κ1) is 22.2. The number of carbonyl (C=O) groups is 1. The quantitative estimate of drug-likeness (QED) is 0.556. The van der Waals surface area contributed by atoms with Crippen LogP contribution >= 0.6 is 0 Å². The smallest absolute Gasteiger partial charge is 0.270 e. The lowest BCUT2D eigenvalue weighted by atomic mass is 9.95. The zero-order valence-electron chi connectivity index (χ0n) is 19.6. The van der Waals surface area contributed by atoms with E-state index in [0.717, 1.165) is 69.4 Å². The molecule has 2 aliphatic rings. The second-order valence-corrected chi connectivity index (χ2v) is 9.76. The first-order valence-electron chi connectivity index (χ1n) is 12.4. The highest BCUT2D eigenvalue weighted by Gasteiger charge is 2.28. The van der Waals surface area contributed by atoms with Crippen molar-refractivity contribution in [3.05, 3.63) is 71.4 Å². The number of para-hydroxylation sites is 1. The van der Waals surface area contributed by atoms with Gasteiger partial charge in [-0.05, 0) is 74.9 Å². The predicted octanol–water partition coefficient (Wildman–Crippen LogP) is 5.01. The summed E-state index contributed by atoms with van der Waals surface area (Å²) in [6.45, 7) is 7.72. The number of benzene rings is 2. The number of hydrogen-bond donors (Lipinski definition) is 1. The van der Waals surface area contributed by atoms with E-state index in [1.807, 2.05) is 24.3 Å². The fourth-order valence-electron chi connectivity index (χ4n) is 5.30. The number of piperidine rings is 1. The van der Waals surface area contributed by atoms with E-state index in [9.17, 15) is 4.79 Å². The van der Waals surface area contributed by atoms with E-state index in [-0.39, 0.29) is 12.0 Å². The number of carbonyl (C=O) groups excluding carboxylic acids is 1. The van der Waals surface area contributed by atoms with Crippen LogP contribution in [0.4, 0.5) is 0 Å². The van der Waals surface area contributed by atoms with E-state index in [0.29, 0.717) is 18.2 Å². The van der Waals surface area contributed by atoms with Crippen LogP contribution in [0.1, 0.15) is 47.3 Å². The van der Waals surface area contributed by atoms with Gasteiger partial charge in [0, 0.05) is 37.1 Å². The zero-order valence-corrected chi connectivity index (χ0v) is 19.6. The maximum Gasteiger partial charge on any atom is 0.270 e. The number of fused-ring (bicyclic) bond motifs is 1. The molecule has 1 atom stereocenters. The minimum Gasteiger partial charge on any atom is -0.376 e. The topological polar surface area (TPSA) is 48.6 Å². The third kappa shape index (κ3) is 5.31. The molecular formula is C28H35N3O2. The van der Waals surface area contributed by atoms with Gasteiger partial charge in [-0.2, -0.15) is 0 Å². The Kier molecular flexibility index (Phi) is 6.79. The van der Waals surface area contributed by atoms with Crippen LogP contribution in [0.2, 0.25) is 0 Å². The number of aromatic nitrogens is 1. The molecule has 0 bridgehead atoms. The van der Waals surface area contributed by atoms with Gasteiger partial charge in [0.2, 0.25) is 0 Å². The van der Waals surface area contributed by atoms with E-state index < -0.39 is 0 Å². The number of aryl methyl sites for hydroxylation is 1. The highest BCUT2D eigenvalue weighted by Crippen LogP contribution is 2.24. The largest absolute Gasteiger partial charge is 0.376 e. The standard InChI is InChI=1S/C28H35N3O2/c1-21-7-2-3-9-24(21)19-30-14-12-22(13-15-30)18-31(20-25-10-6-16-33-25)28(32)27-17-23-8-4-5-11-26(23)29-27/h2-5,7-9,11,17,22,25,29H,6,10,12-16,18-20H2,1H3/t25-/m0/s1. The second kappa shape index (κ2) is 10.1. The maximum atomic E-state index is 13.5. The fraction of sp³-hybridized carbons (Fsp3) is 0.464. The number of nitrogens with one attached hydrogen (secondary N) is 1. The van der Waals surface area contributed by atoms with E-state index in [2.05, 4.69) is 52.0 Å². The van der Waals surface area contributed by atoms with Crippen molar-refractivity contribution in [1.82, 2.24) is 14.8 Å². The molecule has 33 heavy (non-hydrogen) atoms. The molecule has 2 fully saturated rings. The number of hydrogen-bond acceptors (Lipinski definition) is 3. The average Bonchev–Trinajstić information content (AvgIpc) is 3.50. The molecule has 2 saturated heterocycles. The molecule has 0 aliphatic carbocycles. The lowest BCUT2D eigenvalue weighted by Crippen LogP contribution is -2.43. The van der Waals surface area contributed by atoms with Crippen LogP contribution in [0.15, 0.2) is 54.6 Å². The summed E-state index contributed by atoms with van der Waals surface area (Å²) in [6.07, 6.45) is 4.57. The van der Waals surface area contributed by atoms with Crippen LogP contribution in [0.5, 0.6) is 0 Å². The molecule has 0 radical (unpaired) electrons. The third-order valence-corrected chi connectivity index (χ3v) is 7.34. The van der Waals surface area contributed by atoms with E-state index in [4.69, 9.17) is 4.74 Å². The van der Waals surface area contributed by atoms with Crippen molar-refractivity contribution in [2.75, 3.05) is 32.8 Å². The molecule has 2 aromatic carbocycles. The van der Waals surface area contributed by atoms with Crippen LogP contribution in [0.3, 0.4) is 0 Å². The monoisotopic (exact) mass is 445 g/mol. The van der Waals surface area contributed by atoms with Crippen molar-refractivity contribution >= 4 is 16.8 Å². The Morgan fingerprint density at radius 2 is 1.85 bits per heavy atom. The predicted molar refractivity (Wildman–Crippen MR) is 132 cm³/mol. The lowest BCUT2D eigenvalue weighted by molar-refractivity contribution is 0.0441. The Labute approximate surface area is 196 Å². The van der Waals surface area contributed by atoms with Gasteiger partial charge in [0.1, 0.15) is 5.69 Å². The maximum absolute atomic E-state index is 13.5. The number of amides is 1. The van der Waals surface area contributed by atoms with Crippen LogP contribution in [0.25, 0.3) is 10.9 Å². The first-order chi connectivity index (χ1) is 16.2.